The fourth-order valence-corrected chi connectivity index (χ4v) is 3.50. The summed E-state index contributed by atoms with van der Waals surface area (Å²) in [5.41, 5.74) is 1.22. The molecule has 1 aliphatic rings. The minimum atomic E-state index is -1.40. The molecule has 0 radical (unpaired) electrons. The van der Waals surface area contributed by atoms with Crippen molar-refractivity contribution in [3.8, 4) is 0 Å². The maximum atomic E-state index is 13.0. The summed E-state index contributed by atoms with van der Waals surface area (Å²) in [7, 11) is 0. The molecule has 2 rings (SSSR count). The van der Waals surface area contributed by atoms with E-state index in [1.54, 1.807) is 52.0 Å². The van der Waals surface area contributed by atoms with Gasteiger partial charge in [-0.3, -0.25) is 9.59 Å². The number of ether oxygens (including phenoxy) is 3. The molecule has 0 fully saturated rings. The molecule has 0 aliphatic carbocycles. The van der Waals surface area contributed by atoms with E-state index in [9.17, 15) is 19.2 Å². The van der Waals surface area contributed by atoms with Crippen LogP contribution in [0.15, 0.2) is 46.8 Å². The number of halogens is 1. The molecule has 33 heavy (non-hydrogen) atoms. The van der Waals surface area contributed by atoms with E-state index in [-0.39, 0.29) is 30.9 Å². The minimum absolute atomic E-state index is 0.0687. The highest BCUT2D eigenvalue weighted by Gasteiger charge is 2.42. The van der Waals surface area contributed by atoms with Gasteiger partial charge in [0, 0.05) is 23.0 Å². The number of hydrogen-bond donors (Lipinski definition) is 2. The highest BCUT2D eigenvalue weighted by molar-refractivity contribution is 6.31. The Balaban J connectivity index is 2.19. The van der Waals surface area contributed by atoms with Gasteiger partial charge in [-0.2, -0.15) is 0 Å². The third kappa shape index (κ3) is 6.58. The van der Waals surface area contributed by atoms with Gasteiger partial charge in [-0.05, 0) is 39.3 Å². The second-order valence-electron chi connectivity index (χ2n) is 7.05. The van der Waals surface area contributed by atoms with Gasteiger partial charge in [0.05, 0.1) is 24.4 Å². The molecule has 0 bridgehead atoms. The highest BCUT2D eigenvalue weighted by Crippen LogP contribution is 2.32. The molecule has 2 N–H and O–H groups in total. The van der Waals surface area contributed by atoms with E-state index in [4.69, 9.17) is 25.8 Å². The molecule has 0 spiro atoms. The molecule has 0 atom stereocenters. The van der Waals surface area contributed by atoms with Crippen LogP contribution < -0.4 is 10.6 Å². The Kier molecular flexibility index (Phi) is 9.47. The summed E-state index contributed by atoms with van der Waals surface area (Å²) >= 11 is 6.07. The van der Waals surface area contributed by atoms with E-state index in [2.05, 4.69) is 10.6 Å². The average molecular weight is 479 g/mol. The van der Waals surface area contributed by atoms with Crippen molar-refractivity contribution in [2.45, 2.75) is 34.2 Å². The van der Waals surface area contributed by atoms with E-state index in [0.717, 1.165) is 0 Å². The maximum absolute atomic E-state index is 13.0. The first-order valence-corrected chi connectivity index (χ1v) is 10.8. The van der Waals surface area contributed by atoms with Gasteiger partial charge in [0.15, 0.2) is 6.61 Å². The van der Waals surface area contributed by atoms with Crippen molar-refractivity contribution in [2.24, 2.45) is 5.92 Å². The Bertz CT molecular complexity index is 960. The minimum Gasteiger partial charge on any atom is -0.463 e. The smallest absolute Gasteiger partial charge is 0.337 e. The topological polar surface area (TPSA) is 120 Å². The summed E-state index contributed by atoms with van der Waals surface area (Å²) in [4.78, 5) is 50.4. The number of rotatable bonds is 9. The molecule has 0 saturated carbocycles. The van der Waals surface area contributed by atoms with Crippen molar-refractivity contribution < 1.29 is 33.4 Å². The lowest BCUT2D eigenvalue weighted by Gasteiger charge is -2.28. The molecule has 1 amide bonds. The summed E-state index contributed by atoms with van der Waals surface area (Å²) in [5.74, 6) is -4.48. The van der Waals surface area contributed by atoms with Crippen molar-refractivity contribution in [3.63, 3.8) is 0 Å². The number of carbonyl (C=O) groups excluding carboxylic acids is 4. The van der Waals surface area contributed by atoms with Gasteiger partial charge < -0.3 is 24.8 Å². The van der Waals surface area contributed by atoms with Gasteiger partial charge in [0.25, 0.3) is 5.91 Å². The zero-order chi connectivity index (χ0) is 24.5. The first-order chi connectivity index (χ1) is 15.7. The number of benzene rings is 1. The molecular formula is C23H27ClN2O7. The summed E-state index contributed by atoms with van der Waals surface area (Å²) in [6.45, 7) is 6.06. The van der Waals surface area contributed by atoms with Crippen LogP contribution in [-0.4, -0.2) is 43.6 Å². The molecule has 0 aromatic heterocycles. The van der Waals surface area contributed by atoms with Gasteiger partial charge in [0.1, 0.15) is 5.92 Å². The monoisotopic (exact) mass is 478 g/mol. The zero-order valence-corrected chi connectivity index (χ0v) is 19.7. The largest absolute Gasteiger partial charge is 0.463 e. The van der Waals surface area contributed by atoms with Crippen molar-refractivity contribution in [2.75, 3.05) is 19.8 Å². The number of esters is 3. The molecule has 178 valence electrons. The molecule has 1 aromatic rings. The number of nitrogens with one attached hydrogen (secondary N) is 2. The standard InChI is InChI=1S/C23H27ClN2O7/c1-5-31-21(28)18-13(3)26-14(4)19(22(29)32-6-2)20(18)23(30)33-12-17(27)25-11-15-9-7-8-10-16(15)24/h7-10,20,26H,5-6,11-12H2,1-4H3,(H,25,27). The summed E-state index contributed by atoms with van der Waals surface area (Å²) in [6.07, 6.45) is 0. The summed E-state index contributed by atoms with van der Waals surface area (Å²) < 4.78 is 15.3. The number of hydrogen-bond acceptors (Lipinski definition) is 8. The SMILES string of the molecule is CCOC(=O)C1=C(C)NC(C)=C(C(=O)OCC)C1C(=O)OCC(=O)NCc1ccccc1Cl. The third-order valence-electron chi connectivity index (χ3n) is 4.77. The Morgan fingerprint density at radius 3 is 2.00 bits per heavy atom. The second kappa shape index (κ2) is 12.1. The molecular weight excluding hydrogens is 452 g/mol. The number of allylic oxidation sites excluding steroid dienone is 2. The van der Waals surface area contributed by atoms with Crippen LogP contribution >= 0.6 is 11.6 Å². The molecule has 10 heteroatoms. The van der Waals surface area contributed by atoms with E-state index < -0.39 is 36.3 Å². The average Bonchev–Trinajstić information content (AvgIpc) is 2.76. The van der Waals surface area contributed by atoms with Crippen LogP contribution in [-0.2, 0) is 39.9 Å². The zero-order valence-electron chi connectivity index (χ0n) is 19.0. The number of carbonyl (C=O) groups is 4. The van der Waals surface area contributed by atoms with Crippen LogP contribution in [0.1, 0.15) is 33.3 Å². The number of dihydropyridines is 1. The van der Waals surface area contributed by atoms with Gasteiger partial charge in [0.2, 0.25) is 0 Å². The van der Waals surface area contributed by atoms with E-state index in [1.807, 2.05) is 0 Å². The van der Waals surface area contributed by atoms with Crippen LogP contribution in [0.5, 0.6) is 0 Å². The Hall–Kier alpha value is -3.33. The predicted molar refractivity (Wildman–Crippen MR) is 120 cm³/mol. The van der Waals surface area contributed by atoms with Gasteiger partial charge in [-0.15, -0.1) is 0 Å². The van der Waals surface area contributed by atoms with Crippen molar-refractivity contribution in [1.29, 1.82) is 0 Å². The summed E-state index contributed by atoms with van der Waals surface area (Å²) in [5, 5.41) is 6.00. The van der Waals surface area contributed by atoms with E-state index >= 15 is 0 Å². The van der Waals surface area contributed by atoms with Crippen molar-refractivity contribution in [1.82, 2.24) is 10.6 Å². The van der Waals surface area contributed by atoms with Gasteiger partial charge in [-0.25, -0.2) is 9.59 Å². The normalized spacial score (nSPS) is 13.8. The molecule has 1 heterocycles. The maximum Gasteiger partial charge on any atom is 0.337 e. The molecule has 1 aromatic carbocycles. The van der Waals surface area contributed by atoms with E-state index in [0.29, 0.717) is 22.0 Å². The lowest BCUT2D eigenvalue weighted by atomic mass is 9.85. The van der Waals surface area contributed by atoms with Crippen molar-refractivity contribution >= 4 is 35.4 Å². The predicted octanol–water partition coefficient (Wildman–Crippen LogP) is 2.39. The highest BCUT2D eigenvalue weighted by atomic mass is 35.5. The van der Waals surface area contributed by atoms with Crippen LogP contribution in [0.25, 0.3) is 0 Å². The lowest BCUT2D eigenvalue weighted by molar-refractivity contribution is -0.154. The molecule has 1 aliphatic heterocycles. The fourth-order valence-electron chi connectivity index (χ4n) is 3.30. The van der Waals surface area contributed by atoms with Crippen molar-refractivity contribution in [3.05, 3.63) is 57.4 Å². The quantitative estimate of drug-likeness (QED) is 0.410. The Labute approximate surface area is 197 Å². The van der Waals surface area contributed by atoms with Crippen LogP contribution in [0.2, 0.25) is 5.02 Å². The van der Waals surface area contributed by atoms with Gasteiger partial charge >= 0.3 is 17.9 Å². The molecule has 0 unspecified atom stereocenters. The first kappa shape index (κ1) is 25.9. The van der Waals surface area contributed by atoms with Crippen LogP contribution in [0.4, 0.5) is 0 Å². The summed E-state index contributed by atoms with van der Waals surface area (Å²) in [6, 6.07) is 6.99. The van der Waals surface area contributed by atoms with Crippen LogP contribution in [0.3, 0.4) is 0 Å². The Morgan fingerprint density at radius 1 is 0.939 bits per heavy atom. The fraction of sp³-hybridized carbons (Fsp3) is 0.391. The number of amides is 1. The first-order valence-electron chi connectivity index (χ1n) is 10.4. The molecule has 9 nitrogen and oxygen atoms in total. The van der Waals surface area contributed by atoms with Crippen LogP contribution in [0, 0.1) is 5.92 Å². The Morgan fingerprint density at radius 2 is 1.48 bits per heavy atom. The van der Waals surface area contributed by atoms with E-state index in [1.165, 1.54) is 0 Å². The van der Waals surface area contributed by atoms with Gasteiger partial charge in [-0.1, -0.05) is 29.8 Å². The lowest BCUT2D eigenvalue weighted by Crippen LogP contribution is -2.39. The molecule has 0 saturated heterocycles. The third-order valence-corrected chi connectivity index (χ3v) is 5.13. The second-order valence-corrected chi connectivity index (χ2v) is 7.46.